The monoisotopic (exact) mass is 212 g/mol. The number of hydroxylamine groups is 2. The van der Waals surface area contributed by atoms with E-state index in [1.807, 2.05) is 14.0 Å². The average Bonchev–Trinajstić information content (AvgIpc) is 2.17. The average molecular weight is 212 g/mol. The first-order valence-electron chi connectivity index (χ1n) is 5.39. The SMILES string of the molecule is CCCON(C=O)C1C=C(C)CN(C)C1. The van der Waals surface area contributed by atoms with Crippen molar-refractivity contribution >= 4 is 6.41 Å². The van der Waals surface area contributed by atoms with E-state index in [1.165, 1.54) is 10.6 Å². The zero-order valence-corrected chi connectivity index (χ0v) is 9.77. The van der Waals surface area contributed by atoms with Crippen molar-refractivity contribution in [2.24, 2.45) is 0 Å². The van der Waals surface area contributed by atoms with E-state index >= 15 is 0 Å². The van der Waals surface area contributed by atoms with Crippen molar-refractivity contribution < 1.29 is 9.63 Å². The highest BCUT2D eigenvalue weighted by molar-refractivity contribution is 5.46. The molecule has 1 aliphatic heterocycles. The highest BCUT2D eigenvalue weighted by atomic mass is 16.7. The van der Waals surface area contributed by atoms with Crippen LogP contribution >= 0.6 is 0 Å². The van der Waals surface area contributed by atoms with Crippen LogP contribution in [0, 0.1) is 0 Å². The normalized spacial score (nSPS) is 22.3. The maximum Gasteiger partial charge on any atom is 0.233 e. The number of carbonyl (C=O) groups excluding carboxylic acids is 1. The van der Waals surface area contributed by atoms with Gasteiger partial charge in [-0.15, -0.1) is 0 Å². The number of nitrogens with zero attached hydrogens (tertiary/aromatic N) is 2. The summed E-state index contributed by atoms with van der Waals surface area (Å²) in [5.41, 5.74) is 1.28. The minimum atomic E-state index is 0.0489. The predicted octanol–water partition coefficient (Wildman–Crippen LogP) is 1.05. The van der Waals surface area contributed by atoms with Crippen molar-refractivity contribution in [2.45, 2.75) is 26.3 Å². The predicted molar refractivity (Wildman–Crippen MR) is 59.2 cm³/mol. The summed E-state index contributed by atoms with van der Waals surface area (Å²) in [7, 11) is 2.05. The van der Waals surface area contributed by atoms with Crippen LogP contribution in [0.2, 0.25) is 0 Å². The van der Waals surface area contributed by atoms with Crippen molar-refractivity contribution in [1.29, 1.82) is 0 Å². The van der Waals surface area contributed by atoms with Gasteiger partial charge in [-0.25, -0.2) is 5.06 Å². The second-order valence-electron chi connectivity index (χ2n) is 4.08. The molecule has 1 heterocycles. The van der Waals surface area contributed by atoms with Crippen LogP contribution in [0.15, 0.2) is 11.6 Å². The van der Waals surface area contributed by atoms with E-state index in [4.69, 9.17) is 4.84 Å². The van der Waals surface area contributed by atoms with Gasteiger partial charge >= 0.3 is 0 Å². The third kappa shape index (κ3) is 3.64. The molecule has 0 aromatic rings. The fourth-order valence-corrected chi connectivity index (χ4v) is 1.80. The molecule has 0 saturated carbocycles. The number of carbonyl (C=O) groups is 1. The molecular weight excluding hydrogens is 192 g/mol. The molecule has 1 amide bonds. The molecular formula is C11H20N2O2. The third-order valence-electron chi connectivity index (χ3n) is 2.37. The van der Waals surface area contributed by atoms with Gasteiger partial charge in [-0.2, -0.15) is 0 Å². The standard InChI is InChI=1S/C11H20N2O2/c1-4-5-15-13(9-14)11-6-10(2)7-12(3)8-11/h6,9,11H,4-5,7-8H2,1-3H3. The van der Waals surface area contributed by atoms with Gasteiger partial charge in [0.25, 0.3) is 0 Å². The molecule has 0 aromatic heterocycles. The summed E-state index contributed by atoms with van der Waals surface area (Å²) in [6, 6.07) is 0.0489. The van der Waals surface area contributed by atoms with E-state index < -0.39 is 0 Å². The number of rotatable bonds is 5. The van der Waals surface area contributed by atoms with Crippen LogP contribution in [-0.2, 0) is 9.63 Å². The van der Waals surface area contributed by atoms with Gasteiger partial charge in [0.05, 0.1) is 12.6 Å². The number of amides is 1. The summed E-state index contributed by atoms with van der Waals surface area (Å²) in [6.07, 6.45) is 3.78. The number of likely N-dealkylation sites (N-methyl/N-ethyl adjacent to an activating group) is 1. The van der Waals surface area contributed by atoms with Crippen molar-refractivity contribution in [3.63, 3.8) is 0 Å². The number of hydrogen-bond donors (Lipinski definition) is 0. The van der Waals surface area contributed by atoms with Gasteiger partial charge in [0.1, 0.15) is 0 Å². The topological polar surface area (TPSA) is 32.8 Å². The van der Waals surface area contributed by atoms with Gasteiger partial charge in [0, 0.05) is 13.1 Å². The molecule has 4 nitrogen and oxygen atoms in total. The van der Waals surface area contributed by atoms with Crippen LogP contribution in [0.5, 0.6) is 0 Å². The van der Waals surface area contributed by atoms with Gasteiger partial charge in [-0.05, 0) is 20.4 Å². The molecule has 1 aliphatic rings. The molecule has 0 bridgehead atoms. The Balaban J connectivity index is 2.59. The summed E-state index contributed by atoms with van der Waals surface area (Å²) in [5, 5.41) is 1.42. The third-order valence-corrected chi connectivity index (χ3v) is 2.37. The zero-order valence-electron chi connectivity index (χ0n) is 9.77. The fourth-order valence-electron chi connectivity index (χ4n) is 1.80. The van der Waals surface area contributed by atoms with Crippen LogP contribution < -0.4 is 0 Å². The fraction of sp³-hybridized carbons (Fsp3) is 0.727. The summed E-state index contributed by atoms with van der Waals surface area (Å²) < 4.78 is 0. The molecule has 86 valence electrons. The van der Waals surface area contributed by atoms with Crippen LogP contribution in [0.25, 0.3) is 0 Å². The van der Waals surface area contributed by atoms with Gasteiger partial charge in [-0.1, -0.05) is 18.6 Å². The first-order valence-corrected chi connectivity index (χ1v) is 5.39. The maximum absolute atomic E-state index is 10.9. The first kappa shape index (κ1) is 12.2. The Bertz CT molecular complexity index is 241. The maximum atomic E-state index is 10.9. The van der Waals surface area contributed by atoms with Crippen LogP contribution in [0.3, 0.4) is 0 Å². The minimum absolute atomic E-state index is 0.0489. The molecule has 4 heteroatoms. The molecule has 0 aromatic carbocycles. The Morgan fingerprint density at radius 1 is 1.73 bits per heavy atom. The van der Waals surface area contributed by atoms with E-state index in [9.17, 15) is 4.79 Å². The highest BCUT2D eigenvalue weighted by Gasteiger charge is 2.21. The molecule has 1 unspecified atom stereocenters. The summed E-state index contributed by atoms with van der Waals surface area (Å²) in [6.45, 7) is 6.49. The van der Waals surface area contributed by atoms with Gasteiger partial charge in [-0.3, -0.25) is 14.5 Å². The first-order chi connectivity index (χ1) is 7.17. The molecule has 0 spiro atoms. The Morgan fingerprint density at radius 2 is 2.47 bits per heavy atom. The molecule has 0 fully saturated rings. The lowest BCUT2D eigenvalue weighted by atomic mass is 10.1. The second kappa shape index (κ2) is 5.88. The Kier molecular flexibility index (Phi) is 4.78. The smallest absolute Gasteiger partial charge is 0.233 e. The second-order valence-corrected chi connectivity index (χ2v) is 4.08. The summed E-state index contributed by atoms with van der Waals surface area (Å²) in [5.74, 6) is 0. The van der Waals surface area contributed by atoms with E-state index in [2.05, 4.69) is 17.9 Å². The molecule has 0 aliphatic carbocycles. The molecule has 0 N–H and O–H groups in total. The van der Waals surface area contributed by atoms with E-state index in [0.29, 0.717) is 6.61 Å². The van der Waals surface area contributed by atoms with E-state index in [1.54, 1.807) is 0 Å². The molecule has 15 heavy (non-hydrogen) atoms. The Labute approximate surface area is 91.4 Å². The van der Waals surface area contributed by atoms with Crippen LogP contribution in [-0.4, -0.2) is 49.2 Å². The Hall–Kier alpha value is -0.870. The van der Waals surface area contributed by atoms with E-state index in [-0.39, 0.29) is 6.04 Å². The lowest BCUT2D eigenvalue weighted by molar-refractivity contribution is -0.183. The van der Waals surface area contributed by atoms with Gasteiger partial charge < -0.3 is 0 Å². The van der Waals surface area contributed by atoms with Crippen molar-refractivity contribution in [2.75, 3.05) is 26.7 Å². The van der Waals surface area contributed by atoms with Crippen LogP contribution in [0.4, 0.5) is 0 Å². The molecule has 0 saturated heterocycles. The number of hydrogen-bond acceptors (Lipinski definition) is 3. The van der Waals surface area contributed by atoms with Gasteiger partial charge in [0.15, 0.2) is 0 Å². The van der Waals surface area contributed by atoms with Gasteiger partial charge in [0.2, 0.25) is 6.41 Å². The van der Waals surface area contributed by atoms with E-state index in [0.717, 1.165) is 25.9 Å². The summed E-state index contributed by atoms with van der Waals surface area (Å²) >= 11 is 0. The lowest BCUT2D eigenvalue weighted by Crippen LogP contribution is -2.44. The minimum Gasteiger partial charge on any atom is -0.300 e. The quantitative estimate of drug-likeness (QED) is 0.388. The highest BCUT2D eigenvalue weighted by Crippen LogP contribution is 2.12. The van der Waals surface area contributed by atoms with Crippen LogP contribution in [0.1, 0.15) is 20.3 Å². The van der Waals surface area contributed by atoms with Crippen molar-refractivity contribution in [1.82, 2.24) is 9.96 Å². The lowest BCUT2D eigenvalue weighted by Gasteiger charge is -2.33. The zero-order chi connectivity index (χ0) is 11.3. The summed E-state index contributed by atoms with van der Waals surface area (Å²) in [4.78, 5) is 18.4. The van der Waals surface area contributed by atoms with Crippen molar-refractivity contribution in [3.8, 4) is 0 Å². The largest absolute Gasteiger partial charge is 0.300 e. The molecule has 1 atom stereocenters. The molecule has 0 radical (unpaired) electrons. The van der Waals surface area contributed by atoms with Crippen molar-refractivity contribution in [3.05, 3.63) is 11.6 Å². The molecule has 1 rings (SSSR count). The Morgan fingerprint density at radius 3 is 3.00 bits per heavy atom.